The van der Waals surface area contributed by atoms with Crippen molar-refractivity contribution in [2.75, 3.05) is 13.2 Å². The van der Waals surface area contributed by atoms with Gasteiger partial charge in [0.25, 0.3) is 0 Å². The van der Waals surface area contributed by atoms with Crippen molar-refractivity contribution in [3.63, 3.8) is 0 Å². The Morgan fingerprint density at radius 1 is 0.313 bits per heavy atom. The van der Waals surface area contributed by atoms with E-state index in [0.717, 1.165) is 116 Å². The Morgan fingerprint density at radius 3 is 0.925 bits per heavy atom. The highest BCUT2D eigenvalue weighted by atomic mass is 16.6. The molecule has 0 aliphatic rings. The zero-order valence-electron chi connectivity index (χ0n) is 43.9. The second-order valence-electron chi connectivity index (χ2n) is 18.4. The summed E-state index contributed by atoms with van der Waals surface area (Å²) in [5.41, 5.74) is 0. The number of unbranched alkanes of at least 4 members (excludes halogenated alkanes) is 25. The van der Waals surface area contributed by atoms with Crippen LogP contribution in [0.2, 0.25) is 0 Å². The summed E-state index contributed by atoms with van der Waals surface area (Å²) >= 11 is 0. The van der Waals surface area contributed by atoms with Gasteiger partial charge in [0.15, 0.2) is 6.10 Å². The number of carbonyl (C=O) groups excluding carboxylic acids is 3. The SMILES string of the molecule is CC/C=C\C/C=C\C/C=C\CCCCCCCCCC(=O)OCC(COC(=O)CCCCCCC/C=C\CCCCCCCC)OC(=O)CCCCCCCCC/C=C\C/C=C\C/C=C\CC. The summed E-state index contributed by atoms with van der Waals surface area (Å²) in [5, 5.41) is 0. The van der Waals surface area contributed by atoms with Crippen molar-refractivity contribution in [1.29, 1.82) is 0 Å². The first-order valence-corrected chi connectivity index (χ1v) is 28.1. The third-order valence-electron chi connectivity index (χ3n) is 11.9. The minimum Gasteiger partial charge on any atom is -0.462 e. The molecule has 0 saturated heterocycles. The van der Waals surface area contributed by atoms with Crippen LogP contribution < -0.4 is 0 Å². The average molecular weight is 933 g/mol. The highest BCUT2D eigenvalue weighted by Crippen LogP contribution is 2.15. The van der Waals surface area contributed by atoms with Crippen LogP contribution in [0.4, 0.5) is 0 Å². The Labute approximate surface area is 414 Å². The number of esters is 3. The van der Waals surface area contributed by atoms with Crippen molar-refractivity contribution in [2.24, 2.45) is 0 Å². The van der Waals surface area contributed by atoms with Crippen LogP contribution in [0.3, 0.4) is 0 Å². The van der Waals surface area contributed by atoms with E-state index < -0.39 is 6.10 Å². The maximum atomic E-state index is 12.8. The molecule has 0 radical (unpaired) electrons. The molecule has 0 saturated carbocycles. The Morgan fingerprint density at radius 2 is 0.582 bits per heavy atom. The largest absolute Gasteiger partial charge is 0.462 e. The van der Waals surface area contributed by atoms with Gasteiger partial charge < -0.3 is 14.2 Å². The third-order valence-corrected chi connectivity index (χ3v) is 11.9. The topological polar surface area (TPSA) is 78.9 Å². The molecule has 0 aromatic carbocycles. The highest BCUT2D eigenvalue weighted by Gasteiger charge is 2.19. The summed E-state index contributed by atoms with van der Waals surface area (Å²) in [6, 6.07) is 0. The van der Waals surface area contributed by atoms with E-state index in [9.17, 15) is 14.4 Å². The highest BCUT2D eigenvalue weighted by molar-refractivity contribution is 5.71. The summed E-state index contributed by atoms with van der Waals surface area (Å²) in [7, 11) is 0. The van der Waals surface area contributed by atoms with Gasteiger partial charge in [-0.15, -0.1) is 0 Å². The lowest BCUT2D eigenvalue weighted by Gasteiger charge is -2.18. The van der Waals surface area contributed by atoms with Gasteiger partial charge in [0, 0.05) is 19.3 Å². The van der Waals surface area contributed by atoms with Gasteiger partial charge in [-0.3, -0.25) is 14.4 Å². The molecule has 6 heteroatoms. The smallest absolute Gasteiger partial charge is 0.306 e. The first kappa shape index (κ1) is 63.6. The molecule has 1 atom stereocenters. The summed E-state index contributed by atoms with van der Waals surface area (Å²) in [6.07, 6.45) is 71.4. The molecule has 0 N–H and O–H groups in total. The van der Waals surface area contributed by atoms with Crippen LogP contribution in [0.15, 0.2) is 85.1 Å². The number of allylic oxidation sites excluding steroid dienone is 14. The van der Waals surface area contributed by atoms with Crippen molar-refractivity contribution < 1.29 is 28.6 Å². The number of hydrogen-bond donors (Lipinski definition) is 0. The Kier molecular flexibility index (Phi) is 52.4. The number of rotatable bonds is 50. The predicted molar refractivity (Wildman–Crippen MR) is 288 cm³/mol. The molecule has 0 heterocycles. The molecule has 0 amide bonds. The van der Waals surface area contributed by atoms with Crippen LogP contribution in [-0.2, 0) is 28.6 Å². The van der Waals surface area contributed by atoms with Crippen molar-refractivity contribution in [3.05, 3.63) is 85.1 Å². The van der Waals surface area contributed by atoms with E-state index in [4.69, 9.17) is 14.2 Å². The molecular formula is C61H104O6. The molecule has 1 unspecified atom stereocenters. The molecule has 0 bridgehead atoms. The molecule has 0 aromatic heterocycles. The number of ether oxygens (including phenoxy) is 3. The van der Waals surface area contributed by atoms with Crippen LogP contribution >= 0.6 is 0 Å². The first-order chi connectivity index (χ1) is 33.0. The van der Waals surface area contributed by atoms with Crippen molar-refractivity contribution in [2.45, 2.75) is 271 Å². The van der Waals surface area contributed by atoms with Gasteiger partial charge in [-0.05, 0) is 109 Å². The van der Waals surface area contributed by atoms with E-state index in [1.54, 1.807) is 0 Å². The molecule has 6 nitrogen and oxygen atoms in total. The third kappa shape index (κ3) is 53.4. The van der Waals surface area contributed by atoms with Crippen molar-refractivity contribution in [1.82, 2.24) is 0 Å². The molecule has 384 valence electrons. The van der Waals surface area contributed by atoms with E-state index in [1.807, 2.05) is 0 Å². The maximum Gasteiger partial charge on any atom is 0.306 e. The van der Waals surface area contributed by atoms with Gasteiger partial charge in [0.05, 0.1) is 0 Å². The molecular weight excluding hydrogens is 829 g/mol. The Balaban J connectivity index is 4.43. The van der Waals surface area contributed by atoms with Crippen LogP contribution in [0.1, 0.15) is 265 Å². The van der Waals surface area contributed by atoms with Gasteiger partial charge in [-0.2, -0.15) is 0 Å². The van der Waals surface area contributed by atoms with E-state index in [1.165, 1.54) is 109 Å². The second kappa shape index (κ2) is 55.2. The normalized spacial score (nSPS) is 12.7. The van der Waals surface area contributed by atoms with Crippen LogP contribution in [0.25, 0.3) is 0 Å². The maximum absolute atomic E-state index is 12.8. The standard InChI is InChI=1S/C61H104O6/c1-4-7-10-13-16-19-22-25-28-30-33-36-39-42-45-48-51-54-60(63)66-57-58(56-65-59(62)53-50-47-44-41-38-35-32-27-24-21-18-15-12-9-6-3)67-61(64)55-52-49-46-43-40-37-34-31-29-26-23-20-17-14-11-8-5-2/h7-8,10-11,16-17,19-20,25-29,32,58H,4-6,9,12-15,18,21-24,30-31,33-57H2,1-3H3/b10-7-,11-8-,19-16-,20-17-,28-25-,29-26-,32-27-. The Hall–Kier alpha value is -3.41. The van der Waals surface area contributed by atoms with Gasteiger partial charge in [0.1, 0.15) is 13.2 Å². The zero-order valence-corrected chi connectivity index (χ0v) is 43.9. The number of hydrogen-bond acceptors (Lipinski definition) is 6. The van der Waals surface area contributed by atoms with Gasteiger partial charge in [-0.1, -0.05) is 221 Å². The molecule has 67 heavy (non-hydrogen) atoms. The number of carbonyl (C=O) groups is 3. The minimum atomic E-state index is -0.790. The van der Waals surface area contributed by atoms with E-state index in [2.05, 4.69) is 106 Å². The lowest BCUT2D eigenvalue weighted by atomic mass is 10.1. The monoisotopic (exact) mass is 933 g/mol. The minimum absolute atomic E-state index is 0.0881. The summed E-state index contributed by atoms with van der Waals surface area (Å²) in [6.45, 7) is 6.40. The lowest BCUT2D eigenvalue weighted by Crippen LogP contribution is -2.30. The summed E-state index contributed by atoms with van der Waals surface area (Å²) in [5.74, 6) is -0.911. The van der Waals surface area contributed by atoms with Crippen LogP contribution in [-0.4, -0.2) is 37.2 Å². The Bertz CT molecular complexity index is 1300. The summed E-state index contributed by atoms with van der Waals surface area (Å²) < 4.78 is 16.8. The van der Waals surface area contributed by atoms with Crippen molar-refractivity contribution in [3.8, 4) is 0 Å². The van der Waals surface area contributed by atoms with E-state index >= 15 is 0 Å². The summed E-state index contributed by atoms with van der Waals surface area (Å²) in [4.78, 5) is 38.1. The molecule has 0 aliphatic carbocycles. The molecule has 0 rings (SSSR count). The zero-order chi connectivity index (χ0) is 48.6. The molecule has 0 fully saturated rings. The van der Waals surface area contributed by atoms with E-state index in [-0.39, 0.29) is 31.1 Å². The quantitative estimate of drug-likeness (QED) is 0.0262. The average Bonchev–Trinajstić information content (AvgIpc) is 3.33. The van der Waals surface area contributed by atoms with Gasteiger partial charge >= 0.3 is 17.9 Å². The van der Waals surface area contributed by atoms with Gasteiger partial charge in [0.2, 0.25) is 0 Å². The van der Waals surface area contributed by atoms with Gasteiger partial charge in [-0.25, -0.2) is 0 Å². The predicted octanol–water partition coefficient (Wildman–Crippen LogP) is 18.8. The molecule has 0 aromatic rings. The first-order valence-electron chi connectivity index (χ1n) is 28.1. The second-order valence-corrected chi connectivity index (χ2v) is 18.4. The van der Waals surface area contributed by atoms with Crippen LogP contribution in [0.5, 0.6) is 0 Å². The fraction of sp³-hybridized carbons (Fsp3) is 0.721. The van der Waals surface area contributed by atoms with E-state index in [0.29, 0.717) is 19.3 Å². The fourth-order valence-corrected chi connectivity index (χ4v) is 7.70. The van der Waals surface area contributed by atoms with Crippen molar-refractivity contribution >= 4 is 17.9 Å². The van der Waals surface area contributed by atoms with Crippen LogP contribution in [0, 0.1) is 0 Å². The molecule has 0 aliphatic heterocycles. The lowest BCUT2D eigenvalue weighted by molar-refractivity contribution is -0.167. The molecule has 0 spiro atoms. The fourth-order valence-electron chi connectivity index (χ4n) is 7.70.